The Morgan fingerprint density at radius 3 is 1.61 bits per heavy atom. The minimum absolute atomic E-state index is 0. The van der Waals surface area contributed by atoms with Gasteiger partial charge in [0, 0.05) is 19.6 Å². The van der Waals surface area contributed by atoms with Gasteiger partial charge in [-0.2, -0.15) is 0 Å². The van der Waals surface area contributed by atoms with Crippen molar-refractivity contribution in [2.75, 3.05) is 13.2 Å². The zero-order valence-electron chi connectivity index (χ0n) is 20.1. The average molecular weight is 494 g/mol. The third kappa shape index (κ3) is 15.0. The van der Waals surface area contributed by atoms with E-state index in [0.717, 1.165) is 26.1 Å². The first kappa shape index (κ1) is 32.8. The minimum atomic E-state index is -1.52. The first-order valence-electron chi connectivity index (χ1n) is 9.98. The second-order valence-electron chi connectivity index (χ2n) is 9.97. The summed E-state index contributed by atoms with van der Waals surface area (Å²) in [4.78, 5) is 0. The zero-order valence-corrected chi connectivity index (χ0v) is 23.7. The van der Waals surface area contributed by atoms with E-state index in [1.165, 1.54) is 4.48 Å². The van der Waals surface area contributed by atoms with Crippen molar-refractivity contribution < 1.29 is 8.85 Å². The maximum Gasteiger partial charge on any atom is 0.192 e. The molecule has 0 amide bonds. The molecule has 0 heterocycles. The number of hydrogen-bond acceptors (Lipinski definition) is 2. The maximum absolute atomic E-state index is 6.02. The normalized spacial score (nSPS) is 13.0. The first-order valence-corrected chi connectivity index (χ1v) is 16.6. The Labute approximate surface area is 188 Å². The van der Waals surface area contributed by atoms with Crippen LogP contribution in [0, 0.1) is 11.8 Å². The van der Waals surface area contributed by atoms with Crippen molar-refractivity contribution in [2.24, 2.45) is 0 Å². The van der Waals surface area contributed by atoms with Crippen LogP contribution < -0.4 is 0 Å². The van der Waals surface area contributed by atoms with Crippen molar-refractivity contribution in [1.82, 2.24) is 0 Å². The minimum Gasteiger partial charge on any atom is -0.417 e. The van der Waals surface area contributed by atoms with Gasteiger partial charge in [-0.3, -0.25) is 0 Å². The quantitative estimate of drug-likeness (QED) is 0.200. The molecule has 0 aromatic rings. The molecular formula is C23H49BrO2Si2. The lowest BCUT2D eigenvalue weighted by atomic mass is 10.2. The fourth-order valence-corrected chi connectivity index (χ4v) is 3.82. The third-order valence-electron chi connectivity index (χ3n) is 5.49. The van der Waals surface area contributed by atoms with E-state index in [9.17, 15) is 0 Å². The molecule has 28 heavy (non-hydrogen) atoms. The molecule has 0 radical (unpaired) electrons. The number of hydrogen-bond donors (Lipinski definition) is 0. The van der Waals surface area contributed by atoms with Crippen molar-refractivity contribution in [1.29, 1.82) is 0 Å². The third-order valence-corrected chi connectivity index (χ3v) is 14.9. The summed E-state index contributed by atoms with van der Waals surface area (Å²) < 4.78 is 13.1. The van der Waals surface area contributed by atoms with Crippen LogP contribution >= 0.6 is 15.9 Å². The highest BCUT2D eigenvalue weighted by Crippen LogP contribution is 2.37. The van der Waals surface area contributed by atoms with Gasteiger partial charge in [-0.15, -0.1) is 11.8 Å². The Balaban J connectivity index is -0.000000432. The number of allylic oxidation sites excluding steroid dienone is 1. The molecule has 0 aliphatic rings. The Morgan fingerprint density at radius 1 is 0.893 bits per heavy atom. The summed E-state index contributed by atoms with van der Waals surface area (Å²) in [5.74, 6) is 5.90. The van der Waals surface area contributed by atoms with E-state index in [1.54, 1.807) is 0 Å². The molecule has 0 rings (SSSR count). The maximum atomic E-state index is 6.02. The van der Waals surface area contributed by atoms with Crippen molar-refractivity contribution in [2.45, 2.75) is 112 Å². The molecule has 0 atom stereocenters. The first-order chi connectivity index (χ1) is 12.0. The average Bonchev–Trinajstić information content (AvgIpc) is 2.46. The van der Waals surface area contributed by atoms with Crippen LogP contribution in [0.3, 0.4) is 0 Å². The molecule has 0 N–H and O–H groups in total. The fraction of sp³-hybridized carbons (Fsp3) is 0.826. The van der Waals surface area contributed by atoms with Crippen molar-refractivity contribution >= 4 is 32.6 Å². The second-order valence-corrected chi connectivity index (χ2v) is 20.8. The van der Waals surface area contributed by atoms with Gasteiger partial charge in [-0.25, -0.2) is 0 Å². The standard InChI is InChI=1S/C11H23BrOSi.C11H22OSi.CH4/c1-10(12)8-7-9-13-14(5,6)11(2,3)4;1-7-8-9-10-12-13(5,6)11(2,3)4;/h8H,7,9H2,1-6H3;9-10H2,1-6H3;1H4/b10-8+;;. The van der Waals surface area contributed by atoms with Crippen LogP contribution in [-0.2, 0) is 8.85 Å². The Kier molecular flexibility index (Phi) is 16.6. The van der Waals surface area contributed by atoms with Crippen molar-refractivity contribution in [3.8, 4) is 11.8 Å². The largest absolute Gasteiger partial charge is 0.417 e. The summed E-state index contributed by atoms with van der Waals surface area (Å²) in [6.45, 7) is 28.2. The number of halogens is 1. The number of rotatable bonds is 7. The summed E-state index contributed by atoms with van der Waals surface area (Å²) in [5.41, 5.74) is 0. The van der Waals surface area contributed by atoms with E-state index in [4.69, 9.17) is 8.85 Å². The van der Waals surface area contributed by atoms with Crippen LogP contribution in [0.25, 0.3) is 0 Å². The second kappa shape index (κ2) is 14.2. The Bertz CT molecular complexity index is 497. The smallest absolute Gasteiger partial charge is 0.192 e. The topological polar surface area (TPSA) is 18.5 Å². The molecule has 0 fully saturated rings. The highest BCUT2D eigenvalue weighted by molar-refractivity contribution is 9.11. The van der Waals surface area contributed by atoms with Gasteiger partial charge < -0.3 is 8.85 Å². The Hall–Kier alpha value is 0.134. The van der Waals surface area contributed by atoms with Gasteiger partial charge in [0.15, 0.2) is 16.6 Å². The molecule has 0 saturated carbocycles. The van der Waals surface area contributed by atoms with Crippen LogP contribution in [0.1, 0.15) is 75.7 Å². The summed E-state index contributed by atoms with van der Waals surface area (Å²) in [5, 5.41) is 0.632. The van der Waals surface area contributed by atoms with E-state index in [1.807, 2.05) is 13.8 Å². The summed E-state index contributed by atoms with van der Waals surface area (Å²) in [6.07, 6.45) is 4.03. The summed E-state index contributed by atoms with van der Waals surface area (Å²) in [7, 11) is -3.04. The molecule has 2 nitrogen and oxygen atoms in total. The molecule has 0 unspecified atom stereocenters. The van der Waals surface area contributed by atoms with Crippen molar-refractivity contribution in [3.05, 3.63) is 10.6 Å². The van der Waals surface area contributed by atoms with Crippen molar-refractivity contribution in [3.63, 3.8) is 0 Å². The predicted molar refractivity (Wildman–Crippen MR) is 138 cm³/mol. The van der Waals surface area contributed by atoms with Gasteiger partial charge in [0.05, 0.1) is 0 Å². The van der Waals surface area contributed by atoms with Gasteiger partial charge in [-0.1, -0.05) is 71.0 Å². The van der Waals surface area contributed by atoms with Crippen LogP contribution in [0.2, 0.25) is 36.3 Å². The van der Waals surface area contributed by atoms with E-state index in [2.05, 4.69) is 102 Å². The lowest BCUT2D eigenvalue weighted by Gasteiger charge is -2.36. The highest BCUT2D eigenvalue weighted by Gasteiger charge is 2.37. The van der Waals surface area contributed by atoms with Gasteiger partial charge >= 0.3 is 0 Å². The Morgan fingerprint density at radius 2 is 1.29 bits per heavy atom. The SMILES string of the molecule is C.C/C(Br)=C\CCO[Si](C)(C)C(C)(C)C.CC#CCCO[Si](C)(C)C(C)(C)C. The van der Waals surface area contributed by atoms with Crippen LogP contribution in [0.5, 0.6) is 0 Å². The van der Waals surface area contributed by atoms with E-state index in [0.29, 0.717) is 10.1 Å². The van der Waals surface area contributed by atoms with E-state index in [-0.39, 0.29) is 7.43 Å². The van der Waals surface area contributed by atoms with E-state index < -0.39 is 16.6 Å². The lowest BCUT2D eigenvalue weighted by Crippen LogP contribution is -2.40. The molecule has 0 aromatic carbocycles. The summed E-state index contributed by atoms with van der Waals surface area (Å²) in [6, 6.07) is 0. The molecular weight excluding hydrogens is 444 g/mol. The molecule has 0 saturated heterocycles. The predicted octanol–water partition coefficient (Wildman–Crippen LogP) is 8.75. The van der Waals surface area contributed by atoms with Gasteiger partial charge in [0.2, 0.25) is 0 Å². The molecule has 168 valence electrons. The van der Waals surface area contributed by atoms with E-state index >= 15 is 0 Å². The molecule has 0 bridgehead atoms. The molecule has 0 aliphatic carbocycles. The lowest BCUT2D eigenvalue weighted by molar-refractivity contribution is 0.294. The van der Waals surface area contributed by atoms with Crippen LogP contribution in [0.15, 0.2) is 10.6 Å². The van der Waals surface area contributed by atoms with Gasteiger partial charge in [0.1, 0.15) is 0 Å². The van der Waals surface area contributed by atoms with Crippen LogP contribution in [-0.4, -0.2) is 29.8 Å². The zero-order chi connectivity index (χ0) is 21.9. The molecule has 0 spiro atoms. The molecule has 0 aromatic heterocycles. The highest BCUT2D eigenvalue weighted by atomic mass is 79.9. The van der Waals surface area contributed by atoms with Crippen LogP contribution in [0.4, 0.5) is 0 Å². The summed E-state index contributed by atoms with van der Waals surface area (Å²) >= 11 is 3.41. The molecule has 5 heteroatoms. The fourth-order valence-electron chi connectivity index (χ4n) is 1.49. The molecule has 0 aliphatic heterocycles. The van der Waals surface area contributed by atoms with Gasteiger partial charge in [-0.05, 0) is 61.0 Å². The monoisotopic (exact) mass is 492 g/mol. The van der Waals surface area contributed by atoms with Gasteiger partial charge in [0.25, 0.3) is 0 Å².